The number of benzene rings is 2. The first-order valence-corrected chi connectivity index (χ1v) is 13.2. The van der Waals surface area contributed by atoms with Gasteiger partial charge >= 0.3 is 0 Å². The maximum Gasteiger partial charge on any atom is 0.193 e. The Bertz CT molecular complexity index is 1130. The molecule has 2 fully saturated rings. The minimum atomic E-state index is -0.131. The number of hydrogen-bond acceptors (Lipinski definition) is 4. The number of carbonyl (C=O) groups excluding carboxylic acids is 1. The number of rotatable bonds is 6. The van der Waals surface area contributed by atoms with Gasteiger partial charge in [-0.3, -0.25) is 4.79 Å². The number of nitrogens with zero attached hydrogens (tertiary/aromatic N) is 1. The fourth-order valence-corrected chi connectivity index (χ4v) is 5.68. The molecule has 1 spiro atoms. The van der Waals surface area contributed by atoms with Crippen LogP contribution in [0.25, 0.3) is 0 Å². The van der Waals surface area contributed by atoms with Crippen molar-refractivity contribution in [2.45, 2.75) is 77.2 Å². The van der Waals surface area contributed by atoms with Crippen molar-refractivity contribution >= 4 is 5.78 Å². The molecule has 1 saturated heterocycles. The average Bonchev–Trinajstić information content (AvgIpc) is 3.14. The Kier molecular flexibility index (Phi) is 6.52. The number of hydrogen-bond donors (Lipinski definition) is 0. The lowest BCUT2D eigenvalue weighted by atomic mass is 9.74. The Hall–Kier alpha value is -2.59. The van der Waals surface area contributed by atoms with Crippen LogP contribution in [0.15, 0.2) is 53.8 Å². The molecule has 0 aromatic heterocycles. The molecule has 4 heteroatoms. The third kappa shape index (κ3) is 5.04. The first kappa shape index (κ1) is 24.1. The molecule has 0 unspecified atom stereocenters. The first-order valence-electron chi connectivity index (χ1n) is 13.2. The van der Waals surface area contributed by atoms with Gasteiger partial charge in [-0.05, 0) is 90.1 Å². The summed E-state index contributed by atoms with van der Waals surface area (Å²) in [5.41, 5.74) is 5.24. The Balaban J connectivity index is 1.23. The number of fused-ring (bicyclic) bond motifs is 2. The van der Waals surface area contributed by atoms with Gasteiger partial charge < -0.3 is 14.4 Å². The molecule has 35 heavy (non-hydrogen) atoms. The maximum atomic E-state index is 13.1. The molecule has 1 aliphatic carbocycles. The summed E-state index contributed by atoms with van der Waals surface area (Å²) in [6.07, 6.45) is 6.91. The van der Waals surface area contributed by atoms with Crippen LogP contribution in [0.4, 0.5) is 0 Å². The van der Waals surface area contributed by atoms with Crippen LogP contribution in [0.5, 0.6) is 5.75 Å². The Morgan fingerprint density at radius 2 is 1.83 bits per heavy atom. The molecule has 2 aromatic carbocycles. The van der Waals surface area contributed by atoms with Gasteiger partial charge in [0, 0.05) is 35.1 Å². The van der Waals surface area contributed by atoms with Crippen molar-refractivity contribution in [2.24, 2.45) is 0 Å². The molecule has 2 heterocycles. The highest BCUT2D eigenvalue weighted by Crippen LogP contribution is 2.46. The predicted molar refractivity (Wildman–Crippen MR) is 140 cm³/mol. The van der Waals surface area contributed by atoms with Crippen LogP contribution in [-0.4, -0.2) is 42.5 Å². The van der Waals surface area contributed by atoms with Crippen molar-refractivity contribution in [2.75, 3.05) is 26.2 Å². The van der Waals surface area contributed by atoms with Crippen molar-refractivity contribution in [1.29, 1.82) is 0 Å². The van der Waals surface area contributed by atoms with Gasteiger partial charge in [-0.25, -0.2) is 0 Å². The van der Waals surface area contributed by atoms with Gasteiger partial charge in [-0.2, -0.15) is 0 Å². The molecule has 1 saturated carbocycles. The van der Waals surface area contributed by atoms with Crippen LogP contribution >= 0.6 is 0 Å². The fraction of sp³-hybridized carbons (Fsp3) is 0.516. The third-order valence-corrected chi connectivity index (χ3v) is 7.96. The minimum absolute atomic E-state index is 0.0686. The second kappa shape index (κ2) is 9.46. The zero-order valence-corrected chi connectivity index (χ0v) is 21.8. The van der Waals surface area contributed by atoms with E-state index in [1.165, 1.54) is 36.2 Å². The Morgan fingerprint density at radius 1 is 1.09 bits per heavy atom. The summed E-state index contributed by atoms with van der Waals surface area (Å²) in [5.74, 6) is 2.21. The highest BCUT2D eigenvalue weighted by atomic mass is 16.5. The quantitative estimate of drug-likeness (QED) is 0.350. The number of allylic oxidation sites excluding steroid dienone is 1. The second-order valence-corrected chi connectivity index (χ2v) is 11.6. The molecular formula is C31H39NO3. The van der Waals surface area contributed by atoms with E-state index in [0.29, 0.717) is 5.56 Å². The van der Waals surface area contributed by atoms with Gasteiger partial charge in [0.1, 0.15) is 11.4 Å². The smallest absolute Gasteiger partial charge is 0.193 e. The predicted octanol–water partition coefficient (Wildman–Crippen LogP) is 6.60. The summed E-state index contributed by atoms with van der Waals surface area (Å²) < 4.78 is 12.5. The fourth-order valence-electron chi connectivity index (χ4n) is 5.68. The lowest BCUT2D eigenvalue weighted by Gasteiger charge is -2.39. The Labute approximate surface area is 210 Å². The van der Waals surface area contributed by atoms with E-state index in [1.54, 1.807) is 0 Å². The molecular weight excluding hydrogens is 434 g/mol. The van der Waals surface area contributed by atoms with Gasteiger partial charge in [0.05, 0.1) is 12.4 Å². The number of ether oxygens (including phenoxy) is 2. The number of likely N-dealkylation sites (tertiary alicyclic amines) is 1. The van der Waals surface area contributed by atoms with Gasteiger partial charge in [-0.15, -0.1) is 0 Å². The lowest BCUT2D eigenvalue weighted by Crippen LogP contribution is -2.44. The van der Waals surface area contributed by atoms with Crippen molar-refractivity contribution in [1.82, 2.24) is 4.90 Å². The van der Waals surface area contributed by atoms with Crippen molar-refractivity contribution in [3.05, 3.63) is 76.1 Å². The number of aryl methyl sites for hydroxylation is 1. The second-order valence-electron chi connectivity index (χ2n) is 11.6. The van der Waals surface area contributed by atoms with Crippen molar-refractivity contribution < 1.29 is 14.3 Å². The topological polar surface area (TPSA) is 38.8 Å². The molecule has 0 radical (unpaired) electrons. The summed E-state index contributed by atoms with van der Waals surface area (Å²) in [4.78, 5) is 15.7. The van der Waals surface area contributed by atoms with Gasteiger partial charge in [0.2, 0.25) is 0 Å². The van der Waals surface area contributed by atoms with Crippen LogP contribution in [0.3, 0.4) is 0 Å². The SMILES string of the molecule is Cc1ccccc1C(=O)c1ccc2c(c1)OCC21CCN(CCC(OC(C)(C)C)=C2CCC2)CC1. The van der Waals surface area contributed by atoms with E-state index in [2.05, 4.69) is 31.7 Å². The number of carbonyl (C=O) groups is 1. The monoisotopic (exact) mass is 473 g/mol. The normalized spacial score (nSPS) is 19.1. The molecule has 0 N–H and O–H groups in total. The maximum absolute atomic E-state index is 13.1. The highest BCUT2D eigenvalue weighted by molar-refractivity contribution is 6.10. The van der Waals surface area contributed by atoms with Crippen LogP contribution in [-0.2, 0) is 10.2 Å². The summed E-state index contributed by atoms with van der Waals surface area (Å²) in [6.45, 7) is 12.4. The third-order valence-electron chi connectivity index (χ3n) is 7.96. The molecule has 2 aliphatic heterocycles. The molecule has 0 bridgehead atoms. The van der Waals surface area contributed by atoms with E-state index in [-0.39, 0.29) is 16.8 Å². The van der Waals surface area contributed by atoms with Crippen LogP contribution < -0.4 is 4.74 Å². The summed E-state index contributed by atoms with van der Waals surface area (Å²) in [6, 6.07) is 13.9. The number of piperidine rings is 1. The first-order chi connectivity index (χ1) is 16.7. The molecule has 5 rings (SSSR count). The van der Waals surface area contributed by atoms with E-state index >= 15 is 0 Å². The molecule has 4 nitrogen and oxygen atoms in total. The van der Waals surface area contributed by atoms with Crippen molar-refractivity contribution in [3.63, 3.8) is 0 Å². The van der Waals surface area contributed by atoms with E-state index < -0.39 is 0 Å². The standard InChI is InChI=1S/C31H39NO3/c1-22-8-5-6-11-25(22)29(33)24-12-13-26-28(20-24)34-21-31(26)15-18-32(19-16-31)17-14-27(23-9-7-10-23)35-30(2,3)4/h5-6,8,11-13,20H,7,9-10,14-19,21H2,1-4H3. The van der Waals surface area contributed by atoms with Crippen molar-refractivity contribution in [3.8, 4) is 5.75 Å². The van der Waals surface area contributed by atoms with E-state index in [4.69, 9.17) is 9.47 Å². The lowest BCUT2D eigenvalue weighted by molar-refractivity contribution is 0.0377. The molecule has 186 valence electrons. The largest absolute Gasteiger partial charge is 0.493 e. The minimum Gasteiger partial charge on any atom is -0.493 e. The molecule has 2 aromatic rings. The molecule has 0 atom stereocenters. The van der Waals surface area contributed by atoms with Gasteiger partial charge in [-0.1, -0.05) is 36.4 Å². The highest BCUT2D eigenvalue weighted by Gasteiger charge is 2.43. The summed E-state index contributed by atoms with van der Waals surface area (Å²) in [5, 5.41) is 0. The molecule has 3 aliphatic rings. The zero-order valence-electron chi connectivity index (χ0n) is 21.8. The van der Waals surface area contributed by atoms with Gasteiger partial charge in [0.15, 0.2) is 5.78 Å². The Morgan fingerprint density at radius 3 is 2.49 bits per heavy atom. The zero-order chi connectivity index (χ0) is 24.6. The van der Waals surface area contributed by atoms with E-state index in [1.807, 2.05) is 43.3 Å². The summed E-state index contributed by atoms with van der Waals surface area (Å²) in [7, 11) is 0. The van der Waals surface area contributed by atoms with Crippen LogP contribution in [0.2, 0.25) is 0 Å². The van der Waals surface area contributed by atoms with Crippen LogP contribution in [0, 0.1) is 6.92 Å². The average molecular weight is 474 g/mol. The van der Waals surface area contributed by atoms with Gasteiger partial charge in [0.25, 0.3) is 0 Å². The van der Waals surface area contributed by atoms with Crippen LogP contribution in [0.1, 0.15) is 86.3 Å². The van der Waals surface area contributed by atoms with E-state index in [9.17, 15) is 4.79 Å². The van der Waals surface area contributed by atoms with E-state index in [0.717, 1.165) is 62.4 Å². The number of ketones is 1. The summed E-state index contributed by atoms with van der Waals surface area (Å²) >= 11 is 0. The molecule has 0 amide bonds.